The van der Waals surface area contributed by atoms with Crippen molar-refractivity contribution in [2.75, 3.05) is 7.11 Å². The first-order chi connectivity index (χ1) is 14.2. The van der Waals surface area contributed by atoms with Gasteiger partial charge in [0.2, 0.25) is 5.91 Å². The van der Waals surface area contributed by atoms with Crippen LogP contribution >= 0.6 is 0 Å². The van der Waals surface area contributed by atoms with Gasteiger partial charge in [0.25, 0.3) is 0 Å². The Balaban J connectivity index is 1.77. The normalized spacial score (nSPS) is 10.8. The number of hydrogen-bond acceptors (Lipinski definition) is 4. The Hall–Kier alpha value is -2.82. The zero-order chi connectivity index (χ0) is 20.7. The predicted octanol–water partition coefficient (Wildman–Crippen LogP) is 5.47. The van der Waals surface area contributed by atoms with E-state index in [9.17, 15) is 4.79 Å². The molecule has 0 heterocycles. The van der Waals surface area contributed by atoms with Gasteiger partial charge >= 0.3 is 0 Å². The molecular formula is C24H32N2O3. The fourth-order valence-electron chi connectivity index (χ4n) is 2.92. The highest BCUT2D eigenvalue weighted by molar-refractivity contribution is 5.83. The Bertz CT molecular complexity index is 760. The number of carbonyl (C=O) groups excluding carboxylic acids is 1. The third-order valence-electron chi connectivity index (χ3n) is 4.59. The summed E-state index contributed by atoms with van der Waals surface area (Å²) in [6.45, 7) is 2.67. The van der Waals surface area contributed by atoms with E-state index in [1.54, 1.807) is 13.3 Å². The quantitative estimate of drug-likeness (QED) is 0.277. The number of ether oxygens (including phenoxy) is 2. The molecule has 2 aromatic rings. The van der Waals surface area contributed by atoms with Gasteiger partial charge in [-0.15, -0.1) is 0 Å². The van der Waals surface area contributed by atoms with Crippen LogP contribution in [-0.2, 0) is 11.4 Å². The molecule has 5 nitrogen and oxygen atoms in total. The molecule has 2 rings (SSSR count). The molecule has 0 saturated heterocycles. The van der Waals surface area contributed by atoms with E-state index in [2.05, 4.69) is 17.5 Å². The Morgan fingerprint density at radius 1 is 1.00 bits per heavy atom. The van der Waals surface area contributed by atoms with Gasteiger partial charge in [0, 0.05) is 6.42 Å². The third kappa shape index (κ3) is 8.81. The maximum absolute atomic E-state index is 11.8. The molecule has 1 N–H and O–H groups in total. The van der Waals surface area contributed by atoms with Crippen LogP contribution in [0.5, 0.6) is 11.5 Å². The second-order valence-corrected chi connectivity index (χ2v) is 7.00. The molecule has 0 aromatic heterocycles. The average Bonchev–Trinajstić information content (AvgIpc) is 2.75. The first-order valence-corrected chi connectivity index (χ1v) is 10.4. The predicted molar refractivity (Wildman–Crippen MR) is 117 cm³/mol. The number of benzene rings is 2. The fraction of sp³-hybridized carbons (Fsp3) is 0.417. The van der Waals surface area contributed by atoms with Crippen molar-refractivity contribution < 1.29 is 14.3 Å². The van der Waals surface area contributed by atoms with Crippen LogP contribution in [-0.4, -0.2) is 19.2 Å². The van der Waals surface area contributed by atoms with Gasteiger partial charge in [-0.05, 0) is 35.7 Å². The summed E-state index contributed by atoms with van der Waals surface area (Å²) in [6, 6.07) is 15.5. The van der Waals surface area contributed by atoms with E-state index in [1.807, 2.05) is 48.5 Å². The number of nitrogens with zero attached hydrogens (tertiary/aromatic N) is 1. The Morgan fingerprint density at radius 3 is 2.52 bits per heavy atom. The van der Waals surface area contributed by atoms with Crippen LogP contribution in [0, 0.1) is 0 Å². The molecule has 5 heteroatoms. The minimum absolute atomic E-state index is 0.0495. The molecule has 1 amide bonds. The molecule has 0 unspecified atom stereocenters. The first kappa shape index (κ1) is 22.5. The molecule has 0 atom stereocenters. The van der Waals surface area contributed by atoms with E-state index in [0.29, 0.717) is 24.5 Å². The maximum atomic E-state index is 11.8. The lowest BCUT2D eigenvalue weighted by molar-refractivity contribution is -0.121. The zero-order valence-electron chi connectivity index (χ0n) is 17.5. The Morgan fingerprint density at radius 2 is 1.76 bits per heavy atom. The van der Waals surface area contributed by atoms with E-state index in [1.165, 1.54) is 25.7 Å². The summed E-state index contributed by atoms with van der Waals surface area (Å²) >= 11 is 0. The van der Waals surface area contributed by atoms with Crippen molar-refractivity contribution in [3.05, 3.63) is 59.7 Å². The molecule has 0 spiro atoms. The number of hydrazone groups is 1. The van der Waals surface area contributed by atoms with E-state index in [4.69, 9.17) is 9.47 Å². The summed E-state index contributed by atoms with van der Waals surface area (Å²) < 4.78 is 11.3. The van der Waals surface area contributed by atoms with E-state index >= 15 is 0 Å². The van der Waals surface area contributed by atoms with Crippen molar-refractivity contribution in [1.82, 2.24) is 5.43 Å². The van der Waals surface area contributed by atoms with Gasteiger partial charge in [-0.2, -0.15) is 5.10 Å². The van der Waals surface area contributed by atoms with Crippen LogP contribution in [0.15, 0.2) is 53.6 Å². The minimum Gasteiger partial charge on any atom is -0.493 e. The molecule has 0 aliphatic heterocycles. The van der Waals surface area contributed by atoms with Crippen molar-refractivity contribution >= 4 is 12.1 Å². The second kappa shape index (κ2) is 13.4. The number of rotatable bonds is 13. The highest BCUT2D eigenvalue weighted by Crippen LogP contribution is 2.28. The van der Waals surface area contributed by atoms with Gasteiger partial charge < -0.3 is 9.47 Å². The van der Waals surface area contributed by atoms with Crippen LogP contribution in [0.2, 0.25) is 0 Å². The van der Waals surface area contributed by atoms with E-state index in [-0.39, 0.29) is 5.91 Å². The SMILES string of the molecule is CCCCCCCCC(=O)N/N=C/c1ccc(OCc2ccccc2)c(OC)c1. The van der Waals surface area contributed by atoms with Crippen molar-refractivity contribution in [3.63, 3.8) is 0 Å². The van der Waals surface area contributed by atoms with Gasteiger partial charge in [-0.3, -0.25) is 4.79 Å². The molecule has 0 saturated carbocycles. The van der Waals surface area contributed by atoms with E-state index in [0.717, 1.165) is 24.0 Å². The topological polar surface area (TPSA) is 59.9 Å². The molecule has 156 valence electrons. The Kier molecular flexibility index (Phi) is 10.4. The lowest BCUT2D eigenvalue weighted by Gasteiger charge is -2.11. The standard InChI is InChI=1S/C24H32N2O3/c1-3-4-5-6-7-11-14-24(27)26-25-18-21-15-16-22(23(17-21)28-2)29-19-20-12-9-8-10-13-20/h8-10,12-13,15-18H,3-7,11,14,19H2,1-2H3,(H,26,27)/b25-18+. The molecule has 0 aliphatic rings. The highest BCUT2D eigenvalue weighted by Gasteiger charge is 2.06. The molecule has 0 fully saturated rings. The number of nitrogens with one attached hydrogen (secondary N) is 1. The second-order valence-electron chi connectivity index (χ2n) is 7.00. The van der Waals surface area contributed by atoms with Crippen molar-refractivity contribution in [1.29, 1.82) is 0 Å². The van der Waals surface area contributed by atoms with Gasteiger partial charge in [0.15, 0.2) is 11.5 Å². The van der Waals surface area contributed by atoms with Gasteiger partial charge in [-0.25, -0.2) is 5.43 Å². The van der Waals surface area contributed by atoms with Crippen molar-refractivity contribution in [2.45, 2.75) is 58.5 Å². The molecule has 2 aromatic carbocycles. The van der Waals surface area contributed by atoms with Gasteiger partial charge in [-0.1, -0.05) is 69.4 Å². The monoisotopic (exact) mass is 396 g/mol. The molecular weight excluding hydrogens is 364 g/mol. The smallest absolute Gasteiger partial charge is 0.240 e. The van der Waals surface area contributed by atoms with Crippen LogP contribution < -0.4 is 14.9 Å². The summed E-state index contributed by atoms with van der Waals surface area (Å²) in [7, 11) is 1.61. The van der Waals surface area contributed by atoms with Gasteiger partial charge in [0.1, 0.15) is 6.61 Å². The van der Waals surface area contributed by atoms with Crippen LogP contribution in [0.25, 0.3) is 0 Å². The van der Waals surface area contributed by atoms with Gasteiger partial charge in [0.05, 0.1) is 13.3 Å². The Labute approximate surface area is 174 Å². The van der Waals surface area contributed by atoms with Crippen LogP contribution in [0.3, 0.4) is 0 Å². The third-order valence-corrected chi connectivity index (χ3v) is 4.59. The molecule has 29 heavy (non-hydrogen) atoms. The van der Waals surface area contributed by atoms with Crippen LogP contribution in [0.1, 0.15) is 63.0 Å². The first-order valence-electron chi connectivity index (χ1n) is 10.4. The number of amides is 1. The number of methoxy groups -OCH3 is 1. The van der Waals surface area contributed by atoms with E-state index < -0.39 is 0 Å². The number of unbranched alkanes of at least 4 members (excludes halogenated alkanes) is 5. The number of carbonyl (C=O) groups is 1. The average molecular weight is 397 g/mol. The summed E-state index contributed by atoms with van der Waals surface area (Å²) in [5.74, 6) is 1.25. The lowest BCUT2D eigenvalue weighted by atomic mass is 10.1. The van der Waals surface area contributed by atoms with Crippen LogP contribution in [0.4, 0.5) is 0 Å². The summed E-state index contributed by atoms with van der Waals surface area (Å²) in [6.07, 6.45) is 9.09. The number of hydrogen-bond donors (Lipinski definition) is 1. The minimum atomic E-state index is -0.0495. The highest BCUT2D eigenvalue weighted by atomic mass is 16.5. The largest absolute Gasteiger partial charge is 0.493 e. The lowest BCUT2D eigenvalue weighted by Crippen LogP contribution is -2.16. The fourth-order valence-corrected chi connectivity index (χ4v) is 2.92. The maximum Gasteiger partial charge on any atom is 0.240 e. The van der Waals surface area contributed by atoms with Crippen molar-refractivity contribution in [2.24, 2.45) is 5.10 Å². The zero-order valence-corrected chi connectivity index (χ0v) is 17.5. The molecule has 0 bridgehead atoms. The molecule has 0 radical (unpaired) electrons. The summed E-state index contributed by atoms with van der Waals surface area (Å²) in [5.41, 5.74) is 4.51. The summed E-state index contributed by atoms with van der Waals surface area (Å²) in [5, 5.41) is 4.05. The molecule has 0 aliphatic carbocycles. The summed E-state index contributed by atoms with van der Waals surface area (Å²) in [4.78, 5) is 11.8. The van der Waals surface area contributed by atoms with Crippen molar-refractivity contribution in [3.8, 4) is 11.5 Å².